The van der Waals surface area contributed by atoms with E-state index in [9.17, 15) is 4.39 Å². The fourth-order valence-electron chi connectivity index (χ4n) is 2.37. The molecule has 0 atom stereocenters. The van der Waals surface area contributed by atoms with Crippen LogP contribution in [0, 0.1) is 12.7 Å². The molecular weight excluding hydrogens is 291 g/mol. The summed E-state index contributed by atoms with van der Waals surface area (Å²) in [5.74, 6) is 0.229. The molecule has 0 aliphatic rings. The lowest BCUT2D eigenvalue weighted by molar-refractivity contribution is 0.628. The molecule has 21 heavy (non-hydrogen) atoms. The number of hydrogen-bond acceptors (Lipinski definition) is 3. The van der Waals surface area contributed by atoms with E-state index in [4.69, 9.17) is 11.6 Å². The maximum atomic E-state index is 13.2. The van der Waals surface area contributed by atoms with Crippen molar-refractivity contribution in [3.8, 4) is 0 Å². The van der Waals surface area contributed by atoms with Gasteiger partial charge in [0, 0.05) is 11.9 Å². The number of benzene rings is 1. The molecule has 0 saturated carbocycles. The molecule has 2 heterocycles. The number of aryl methyl sites for hydroxylation is 2. The van der Waals surface area contributed by atoms with E-state index in [0.29, 0.717) is 11.5 Å². The second kappa shape index (κ2) is 5.33. The molecule has 0 aliphatic heterocycles. The van der Waals surface area contributed by atoms with Crippen LogP contribution in [-0.2, 0) is 6.42 Å². The van der Waals surface area contributed by atoms with Crippen molar-refractivity contribution in [2.45, 2.75) is 20.3 Å². The van der Waals surface area contributed by atoms with Gasteiger partial charge in [0.05, 0.1) is 5.02 Å². The van der Waals surface area contributed by atoms with E-state index >= 15 is 0 Å². The first-order chi connectivity index (χ1) is 10.1. The van der Waals surface area contributed by atoms with E-state index in [1.165, 1.54) is 24.0 Å². The topological polar surface area (TPSA) is 42.2 Å². The van der Waals surface area contributed by atoms with Gasteiger partial charge in [-0.15, -0.1) is 0 Å². The summed E-state index contributed by atoms with van der Waals surface area (Å²) >= 11 is 5.80. The summed E-state index contributed by atoms with van der Waals surface area (Å²) in [4.78, 5) is 4.28. The summed E-state index contributed by atoms with van der Waals surface area (Å²) in [6.07, 6.45) is 4.41. The van der Waals surface area contributed by atoms with Crippen molar-refractivity contribution in [3.05, 3.63) is 52.7 Å². The highest BCUT2D eigenvalue weighted by molar-refractivity contribution is 6.31. The van der Waals surface area contributed by atoms with E-state index in [0.717, 1.165) is 17.5 Å². The Morgan fingerprint density at radius 2 is 2.19 bits per heavy atom. The first kappa shape index (κ1) is 13.8. The van der Waals surface area contributed by atoms with Crippen molar-refractivity contribution in [1.82, 2.24) is 14.6 Å². The Hall–Kier alpha value is -2.14. The zero-order valence-corrected chi connectivity index (χ0v) is 12.4. The number of rotatable bonds is 3. The average Bonchev–Trinajstić information content (AvgIpc) is 2.80. The van der Waals surface area contributed by atoms with E-state index in [1.54, 1.807) is 10.6 Å². The minimum Gasteiger partial charge on any atom is -0.338 e. The third kappa shape index (κ3) is 2.45. The van der Waals surface area contributed by atoms with Crippen LogP contribution >= 0.6 is 11.6 Å². The number of aromatic nitrogens is 3. The molecule has 0 radical (unpaired) electrons. The van der Waals surface area contributed by atoms with Gasteiger partial charge in [0.15, 0.2) is 5.82 Å². The zero-order chi connectivity index (χ0) is 15.0. The maximum absolute atomic E-state index is 13.2. The Bertz CT molecular complexity index is 813. The monoisotopic (exact) mass is 304 g/mol. The molecule has 2 aromatic heterocycles. The lowest BCUT2D eigenvalue weighted by Crippen LogP contribution is -2.00. The van der Waals surface area contributed by atoms with Crippen LogP contribution in [0.1, 0.15) is 18.1 Å². The van der Waals surface area contributed by atoms with Crippen molar-refractivity contribution in [3.63, 3.8) is 0 Å². The van der Waals surface area contributed by atoms with Crippen molar-refractivity contribution < 1.29 is 4.39 Å². The largest absolute Gasteiger partial charge is 0.338 e. The van der Waals surface area contributed by atoms with E-state index in [-0.39, 0.29) is 5.02 Å². The highest BCUT2D eigenvalue weighted by atomic mass is 35.5. The smallest absolute Gasteiger partial charge is 0.158 e. The molecule has 0 aliphatic carbocycles. The summed E-state index contributed by atoms with van der Waals surface area (Å²) in [6.45, 7) is 4.14. The van der Waals surface area contributed by atoms with Crippen LogP contribution in [0.3, 0.4) is 0 Å². The van der Waals surface area contributed by atoms with Crippen LogP contribution in [0.2, 0.25) is 5.02 Å². The second-order valence-corrected chi connectivity index (χ2v) is 5.20. The molecule has 6 heteroatoms. The average molecular weight is 305 g/mol. The SMILES string of the molecule is CCc1cn2ncnc(Nc3ccc(F)c(Cl)c3)c2c1C. The Morgan fingerprint density at radius 1 is 1.38 bits per heavy atom. The normalized spacial score (nSPS) is 11.0. The molecule has 0 saturated heterocycles. The van der Waals surface area contributed by atoms with Gasteiger partial charge in [0.25, 0.3) is 0 Å². The Kier molecular flexibility index (Phi) is 3.51. The number of halogens is 2. The van der Waals surface area contributed by atoms with Crippen LogP contribution < -0.4 is 5.32 Å². The lowest BCUT2D eigenvalue weighted by Gasteiger charge is -2.08. The van der Waals surface area contributed by atoms with Crippen LogP contribution in [0.5, 0.6) is 0 Å². The van der Waals surface area contributed by atoms with Gasteiger partial charge in [-0.1, -0.05) is 18.5 Å². The molecule has 1 N–H and O–H groups in total. The molecule has 3 aromatic rings. The van der Waals surface area contributed by atoms with E-state index in [2.05, 4.69) is 22.3 Å². The van der Waals surface area contributed by atoms with Gasteiger partial charge in [-0.25, -0.2) is 13.9 Å². The maximum Gasteiger partial charge on any atom is 0.158 e. The lowest BCUT2D eigenvalue weighted by atomic mass is 10.1. The molecule has 4 nitrogen and oxygen atoms in total. The number of nitrogens with one attached hydrogen (secondary N) is 1. The van der Waals surface area contributed by atoms with Crippen LogP contribution in [-0.4, -0.2) is 14.6 Å². The van der Waals surface area contributed by atoms with Crippen molar-refractivity contribution in [2.24, 2.45) is 0 Å². The molecule has 0 fully saturated rings. The van der Waals surface area contributed by atoms with Gasteiger partial charge in [-0.3, -0.25) is 0 Å². The van der Waals surface area contributed by atoms with Crippen LogP contribution in [0.25, 0.3) is 5.52 Å². The third-order valence-corrected chi connectivity index (χ3v) is 3.78. The first-order valence-electron chi connectivity index (χ1n) is 6.64. The summed E-state index contributed by atoms with van der Waals surface area (Å²) in [5, 5.41) is 7.47. The predicted molar refractivity (Wildman–Crippen MR) is 81.8 cm³/mol. The first-order valence-corrected chi connectivity index (χ1v) is 7.02. The predicted octanol–water partition coefficient (Wildman–Crippen LogP) is 4.14. The van der Waals surface area contributed by atoms with Gasteiger partial charge in [0.2, 0.25) is 0 Å². The van der Waals surface area contributed by atoms with E-state index < -0.39 is 5.82 Å². The summed E-state index contributed by atoms with van der Waals surface area (Å²) in [6, 6.07) is 4.48. The minimum atomic E-state index is -0.442. The van der Waals surface area contributed by atoms with Gasteiger partial charge >= 0.3 is 0 Å². The molecule has 0 unspecified atom stereocenters. The van der Waals surface area contributed by atoms with Crippen molar-refractivity contribution in [2.75, 3.05) is 5.32 Å². The Morgan fingerprint density at radius 3 is 2.90 bits per heavy atom. The number of hydrogen-bond donors (Lipinski definition) is 1. The van der Waals surface area contributed by atoms with Crippen molar-refractivity contribution >= 4 is 28.6 Å². The van der Waals surface area contributed by atoms with Crippen LogP contribution in [0.4, 0.5) is 15.9 Å². The second-order valence-electron chi connectivity index (χ2n) is 4.79. The molecule has 0 spiro atoms. The zero-order valence-electron chi connectivity index (χ0n) is 11.7. The molecule has 0 amide bonds. The number of anilines is 2. The quantitative estimate of drug-likeness (QED) is 0.791. The molecule has 0 bridgehead atoms. The summed E-state index contributed by atoms with van der Waals surface area (Å²) in [7, 11) is 0. The fraction of sp³-hybridized carbons (Fsp3) is 0.200. The summed E-state index contributed by atoms with van der Waals surface area (Å²) < 4.78 is 15.0. The summed E-state index contributed by atoms with van der Waals surface area (Å²) in [5.41, 5.74) is 3.94. The van der Waals surface area contributed by atoms with Crippen LogP contribution in [0.15, 0.2) is 30.7 Å². The van der Waals surface area contributed by atoms with Gasteiger partial charge < -0.3 is 5.32 Å². The third-order valence-electron chi connectivity index (χ3n) is 3.49. The van der Waals surface area contributed by atoms with Gasteiger partial charge in [0.1, 0.15) is 17.7 Å². The molecule has 3 rings (SSSR count). The number of fused-ring (bicyclic) bond motifs is 1. The molecule has 108 valence electrons. The fourth-order valence-corrected chi connectivity index (χ4v) is 2.55. The van der Waals surface area contributed by atoms with Crippen molar-refractivity contribution in [1.29, 1.82) is 0 Å². The number of nitrogens with zero attached hydrogens (tertiary/aromatic N) is 3. The highest BCUT2D eigenvalue weighted by Gasteiger charge is 2.12. The molecular formula is C15H14ClFN4. The Balaban J connectivity index is 2.07. The van der Waals surface area contributed by atoms with E-state index in [1.807, 2.05) is 13.1 Å². The van der Waals surface area contributed by atoms with Gasteiger partial charge in [-0.05, 0) is 42.7 Å². The highest BCUT2D eigenvalue weighted by Crippen LogP contribution is 2.27. The minimum absolute atomic E-state index is 0.0754. The Labute approximate surface area is 126 Å². The molecule has 1 aromatic carbocycles. The van der Waals surface area contributed by atoms with Gasteiger partial charge in [-0.2, -0.15) is 5.10 Å². The standard InChI is InChI=1S/C15H14ClFN4/c1-3-10-7-21-14(9(10)2)15(18-8-19-21)20-11-4-5-13(17)12(16)6-11/h4-8H,3H2,1-2H3,(H,18,19,20).